The molecule has 28 heavy (non-hydrogen) atoms. The molecular formula is C20H32N4O3S. The number of amides is 2. The van der Waals surface area contributed by atoms with Gasteiger partial charge in [-0.25, -0.2) is 5.43 Å². The molecule has 8 heteroatoms. The molecular weight excluding hydrogens is 376 g/mol. The number of nitrogens with zero attached hydrogens (tertiary/aromatic N) is 2. The summed E-state index contributed by atoms with van der Waals surface area (Å²) in [6.45, 7) is 6.83. The summed E-state index contributed by atoms with van der Waals surface area (Å²) in [6, 6.07) is -0.813. The third-order valence-corrected chi connectivity index (χ3v) is 5.95. The molecule has 2 rings (SSSR count). The Morgan fingerprint density at radius 3 is 2.46 bits per heavy atom. The van der Waals surface area contributed by atoms with Crippen LogP contribution in [0.4, 0.5) is 0 Å². The van der Waals surface area contributed by atoms with Crippen molar-refractivity contribution in [3.8, 4) is 0 Å². The first-order valence-corrected chi connectivity index (χ1v) is 10.9. The minimum Gasteiger partial charge on any atom is -0.352 e. The maximum absolute atomic E-state index is 12.8. The number of rotatable bonds is 6. The van der Waals surface area contributed by atoms with Crippen molar-refractivity contribution >= 4 is 34.5 Å². The Morgan fingerprint density at radius 1 is 1.21 bits per heavy atom. The molecule has 7 nitrogen and oxygen atoms in total. The lowest BCUT2D eigenvalue weighted by Crippen LogP contribution is -2.51. The highest BCUT2D eigenvalue weighted by atomic mass is 32.2. The van der Waals surface area contributed by atoms with Crippen molar-refractivity contribution in [2.75, 3.05) is 19.3 Å². The van der Waals surface area contributed by atoms with Gasteiger partial charge in [0, 0.05) is 19.3 Å². The summed E-state index contributed by atoms with van der Waals surface area (Å²) in [7, 11) is 1.89. The molecule has 1 saturated carbocycles. The largest absolute Gasteiger partial charge is 0.352 e. The van der Waals surface area contributed by atoms with E-state index in [0.29, 0.717) is 5.17 Å². The zero-order chi connectivity index (χ0) is 20.7. The molecule has 0 radical (unpaired) electrons. The van der Waals surface area contributed by atoms with Gasteiger partial charge in [-0.15, -0.1) is 5.10 Å². The average molecular weight is 409 g/mol. The monoisotopic (exact) mass is 408 g/mol. The number of allylic oxidation sites excluding steroid dienone is 1. The summed E-state index contributed by atoms with van der Waals surface area (Å²) in [4.78, 5) is 39.5. The highest BCUT2D eigenvalue weighted by Gasteiger charge is 2.34. The van der Waals surface area contributed by atoms with Gasteiger partial charge in [0.1, 0.15) is 6.04 Å². The predicted molar refractivity (Wildman–Crippen MR) is 113 cm³/mol. The second-order valence-electron chi connectivity index (χ2n) is 8.55. The smallest absolute Gasteiger partial charge is 0.309 e. The van der Waals surface area contributed by atoms with Crippen molar-refractivity contribution in [1.82, 2.24) is 15.6 Å². The van der Waals surface area contributed by atoms with Crippen LogP contribution < -0.4 is 10.7 Å². The Bertz CT molecular complexity index is 648. The molecule has 0 aromatic carbocycles. The Morgan fingerprint density at radius 2 is 1.89 bits per heavy atom. The Hall–Kier alpha value is -1.83. The van der Waals surface area contributed by atoms with E-state index in [0.717, 1.165) is 44.4 Å². The van der Waals surface area contributed by atoms with Gasteiger partial charge in [0.15, 0.2) is 5.17 Å². The number of amidine groups is 1. The van der Waals surface area contributed by atoms with Crippen molar-refractivity contribution in [3.05, 3.63) is 12.2 Å². The molecule has 2 N–H and O–H groups in total. The van der Waals surface area contributed by atoms with Crippen LogP contribution in [0.15, 0.2) is 17.3 Å². The van der Waals surface area contributed by atoms with Crippen LogP contribution in [-0.2, 0) is 14.4 Å². The second-order valence-corrected chi connectivity index (χ2v) is 9.62. The van der Waals surface area contributed by atoms with Crippen LogP contribution in [-0.4, -0.2) is 53.1 Å². The van der Waals surface area contributed by atoms with Crippen LogP contribution in [0, 0.1) is 11.3 Å². The lowest BCUT2D eigenvalue weighted by atomic mass is 9.82. The number of nitrogens with one attached hydrogen (secondary N) is 2. The van der Waals surface area contributed by atoms with E-state index >= 15 is 0 Å². The van der Waals surface area contributed by atoms with Crippen LogP contribution in [0.1, 0.15) is 52.9 Å². The average Bonchev–Trinajstić information content (AvgIpc) is 3.07. The van der Waals surface area contributed by atoms with Crippen LogP contribution in [0.2, 0.25) is 0 Å². The van der Waals surface area contributed by atoms with Gasteiger partial charge in [0.2, 0.25) is 11.7 Å². The van der Waals surface area contributed by atoms with Crippen molar-refractivity contribution in [2.24, 2.45) is 16.4 Å². The number of hydrogen-bond acceptors (Lipinski definition) is 5. The molecule has 0 spiro atoms. The van der Waals surface area contributed by atoms with Crippen molar-refractivity contribution in [3.63, 3.8) is 0 Å². The van der Waals surface area contributed by atoms with Crippen LogP contribution in [0.3, 0.4) is 0 Å². The van der Waals surface area contributed by atoms with Gasteiger partial charge < -0.3 is 10.2 Å². The lowest BCUT2D eigenvalue weighted by Gasteiger charge is -2.29. The van der Waals surface area contributed by atoms with Gasteiger partial charge >= 0.3 is 5.91 Å². The van der Waals surface area contributed by atoms with Crippen molar-refractivity contribution in [1.29, 1.82) is 0 Å². The number of carbonyl (C=O) groups is 3. The van der Waals surface area contributed by atoms with Gasteiger partial charge in [0.25, 0.3) is 0 Å². The van der Waals surface area contributed by atoms with E-state index < -0.39 is 17.7 Å². The number of thioether (sulfide) groups is 1. The summed E-state index contributed by atoms with van der Waals surface area (Å²) in [6.07, 6.45) is 8.05. The topological polar surface area (TPSA) is 90.9 Å². The minimum absolute atomic E-state index is 0.0184. The van der Waals surface area contributed by atoms with Crippen LogP contribution in [0.5, 0.6) is 0 Å². The quantitative estimate of drug-likeness (QED) is 0.400. The summed E-state index contributed by atoms with van der Waals surface area (Å²) < 4.78 is 0. The summed E-state index contributed by atoms with van der Waals surface area (Å²) in [5, 5.41) is 7.52. The van der Waals surface area contributed by atoms with E-state index in [4.69, 9.17) is 0 Å². The molecule has 1 aliphatic carbocycles. The maximum atomic E-state index is 12.8. The first kappa shape index (κ1) is 22.5. The Kier molecular flexibility index (Phi) is 8.10. The molecule has 0 aromatic heterocycles. The Balaban J connectivity index is 2.06. The molecule has 1 saturated heterocycles. The zero-order valence-electron chi connectivity index (χ0n) is 17.3. The SMILES string of the molecule is CN1CCSC1=NNC(=O)C(=O)C(NC(=O)/C=C/C(C)(C)C)C1CCCCC1. The molecule has 0 bridgehead atoms. The van der Waals surface area contributed by atoms with E-state index in [1.807, 2.05) is 32.7 Å². The first-order valence-electron chi connectivity index (χ1n) is 9.93. The van der Waals surface area contributed by atoms with Crippen LogP contribution >= 0.6 is 11.8 Å². The highest BCUT2D eigenvalue weighted by molar-refractivity contribution is 8.14. The van der Waals surface area contributed by atoms with E-state index in [1.54, 1.807) is 6.08 Å². The standard InChI is InChI=1S/C20H32N4O3S/c1-20(2,3)11-10-15(25)21-16(14-8-6-5-7-9-14)17(26)18(27)22-23-19-24(4)12-13-28-19/h10-11,14,16H,5-9,12-13H2,1-4H3,(H,21,25)(H,22,27)/b11-10+,23-19?. The molecule has 1 atom stereocenters. The third kappa shape index (κ3) is 6.96. The van der Waals surface area contributed by atoms with Gasteiger partial charge in [-0.05, 0) is 30.3 Å². The van der Waals surface area contributed by atoms with Crippen molar-refractivity contribution in [2.45, 2.75) is 58.9 Å². The van der Waals surface area contributed by atoms with Gasteiger partial charge in [-0.3, -0.25) is 14.4 Å². The third-order valence-electron chi connectivity index (χ3n) is 4.90. The molecule has 2 aliphatic rings. The highest BCUT2D eigenvalue weighted by Crippen LogP contribution is 2.27. The van der Waals surface area contributed by atoms with Crippen LogP contribution in [0.25, 0.3) is 0 Å². The lowest BCUT2D eigenvalue weighted by molar-refractivity contribution is -0.140. The van der Waals surface area contributed by atoms with E-state index in [-0.39, 0.29) is 17.2 Å². The molecule has 1 unspecified atom stereocenters. The number of Topliss-reactive ketones (excluding diaryl/α,β-unsaturated/α-hetero) is 1. The maximum Gasteiger partial charge on any atom is 0.309 e. The fourth-order valence-electron chi connectivity index (χ4n) is 3.28. The van der Waals surface area contributed by atoms with E-state index in [2.05, 4.69) is 15.8 Å². The molecule has 156 valence electrons. The fourth-order valence-corrected chi connectivity index (χ4v) is 4.25. The normalized spacial score (nSPS) is 21.1. The van der Waals surface area contributed by atoms with E-state index in [1.165, 1.54) is 17.8 Å². The number of ketones is 1. The fraction of sp³-hybridized carbons (Fsp3) is 0.700. The molecule has 0 aromatic rings. The van der Waals surface area contributed by atoms with Gasteiger partial charge in [-0.2, -0.15) is 0 Å². The molecule has 2 fully saturated rings. The number of carbonyl (C=O) groups excluding carboxylic acids is 3. The van der Waals surface area contributed by atoms with Gasteiger partial charge in [0.05, 0.1) is 0 Å². The van der Waals surface area contributed by atoms with E-state index in [9.17, 15) is 14.4 Å². The second kappa shape index (κ2) is 10.1. The predicted octanol–water partition coefficient (Wildman–Crippen LogP) is 2.29. The number of hydrogen-bond donors (Lipinski definition) is 2. The molecule has 1 heterocycles. The van der Waals surface area contributed by atoms with Crippen molar-refractivity contribution < 1.29 is 14.4 Å². The molecule has 2 amide bonds. The van der Waals surface area contributed by atoms with Gasteiger partial charge in [-0.1, -0.05) is 57.9 Å². The summed E-state index contributed by atoms with van der Waals surface area (Å²) in [5.41, 5.74) is 2.23. The first-order chi connectivity index (χ1) is 13.2. The molecule has 1 aliphatic heterocycles. The Labute approximate surface area is 171 Å². The number of hydrazone groups is 1. The minimum atomic E-state index is -0.813. The zero-order valence-corrected chi connectivity index (χ0v) is 18.1. The summed E-state index contributed by atoms with van der Waals surface area (Å²) in [5.74, 6) is -0.859. The summed E-state index contributed by atoms with van der Waals surface area (Å²) >= 11 is 1.53.